The third kappa shape index (κ3) is 2.73. The van der Waals surface area contributed by atoms with E-state index in [0.717, 1.165) is 22.8 Å². The number of ether oxygens (including phenoxy) is 1. The number of fused-ring (bicyclic) bond motifs is 1. The number of carbonyl (C=O) groups is 1. The van der Waals surface area contributed by atoms with Crippen LogP contribution in [-0.4, -0.2) is 11.3 Å². The van der Waals surface area contributed by atoms with Gasteiger partial charge >= 0.3 is 0 Å². The molecule has 0 radical (unpaired) electrons. The van der Waals surface area contributed by atoms with Gasteiger partial charge in [-0.15, -0.1) is 0 Å². The maximum absolute atomic E-state index is 11.3. The Morgan fingerprint density at radius 1 is 1.14 bits per heavy atom. The molecule has 104 valence electrons. The molecule has 21 heavy (non-hydrogen) atoms. The lowest BCUT2D eigenvalue weighted by atomic mass is 10.1. The van der Waals surface area contributed by atoms with Crippen LogP contribution in [0.3, 0.4) is 0 Å². The number of pyridine rings is 1. The number of para-hydroxylation sites is 1. The summed E-state index contributed by atoms with van der Waals surface area (Å²) in [5.74, 6) is 0.930. The molecule has 0 saturated heterocycles. The molecule has 1 aromatic heterocycles. The summed E-state index contributed by atoms with van der Waals surface area (Å²) in [5.41, 5.74) is 2.09. The Bertz CT molecular complexity index is 830. The van der Waals surface area contributed by atoms with Gasteiger partial charge in [0.2, 0.25) is 5.88 Å². The largest absolute Gasteiger partial charge is 0.438 e. The molecule has 0 bridgehead atoms. The van der Waals surface area contributed by atoms with Crippen molar-refractivity contribution >= 4 is 28.8 Å². The Labute approximate surface area is 127 Å². The highest BCUT2D eigenvalue weighted by atomic mass is 35.5. The van der Waals surface area contributed by atoms with Crippen molar-refractivity contribution in [1.29, 1.82) is 0 Å². The van der Waals surface area contributed by atoms with Crippen molar-refractivity contribution in [2.24, 2.45) is 0 Å². The molecule has 3 aromatic rings. The fourth-order valence-electron chi connectivity index (χ4n) is 2.11. The predicted molar refractivity (Wildman–Crippen MR) is 83.4 cm³/mol. The molecule has 3 nitrogen and oxygen atoms in total. The maximum atomic E-state index is 11.3. The topological polar surface area (TPSA) is 39.2 Å². The monoisotopic (exact) mass is 297 g/mol. The summed E-state index contributed by atoms with van der Waals surface area (Å²) in [6, 6.07) is 14.7. The van der Waals surface area contributed by atoms with E-state index in [2.05, 4.69) is 4.98 Å². The van der Waals surface area contributed by atoms with Crippen LogP contribution >= 0.6 is 11.6 Å². The lowest BCUT2D eigenvalue weighted by molar-refractivity contribution is 0.112. The summed E-state index contributed by atoms with van der Waals surface area (Å²) in [7, 11) is 0. The van der Waals surface area contributed by atoms with Crippen LogP contribution in [-0.2, 0) is 0 Å². The zero-order valence-corrected chi connectivity index (χ0v) is 12.1. The van der Waals surface area contributed by atoms with Crippen LogP contribution in [0.1, 0.15) is 15.9 Å². The molecule has 0 N–H and O–H groups in total. The highest BCUT2D eigenvalue weighted by molar-refractivity contribution is 6.30. The number of hydrogen-bond donors (Lipinski definition) is 0. The van der Waals surface area contributed by atoms with Gasteiger partial charge in [0.25, 0.3) is 0 Å². The second kappa shape index (κ2) is 5.54. The van der Waals surface area contributed by atoms with E-state index in [1.165, 1.54) is 0 Å². The quantitative estimate of drug-likeness (QED) is 0.652. The molecular weight excluding hydrogens is 286 g/mol. The molecule has 1 heterocycles. The van der Waals surface area contributed by atoms with Crippen molar-refractivity contribution in [1.82, 2.24) is 4.98 Å². The Morgan fingerprint density at radius 2 is 1.95 bits per heavy atom. The number of carbonyl (C=O) groups excluding carboxylic acids is 1. The average Bonchev–Trinajstić information content (AvgIpc) is 2.49. The summed E-state index contributed by atoms with van der Waals surface area (Å²) in [4.78, 5) is 15.7. The number of aryl methyl sites for hydroxylation is 1. The molecule has 4 heteroatoms. The van der Waals surface area contributed by atoms with E-state index >= 15 is 0 Å². The second-order valence-electron chi connectivity index (χ2n) is 4.71. The predicted octanol–water partition coefficient (Wildman–Crippen LogP) is 4.80. The number of nitrogens with zero attached hydrogens (tertiary/aromatic N) is 1. The van der Waals surface area contributed by atoms with Crippen LogP contribution in [0.25, 0.3) is 10.9 Å². The molecule has 0 fully saturated rings. The Morgan fingerprint density at radius 3 is 2.71 bits per heavy atom. The lowest BCUT2D eigenvalue weighted by Crippen LogP contribution is -1.96. The number of benzene rings is 2. The van der Waals surface area contributed by atoms with Gasteiger partial charge in [0.05, 0.1) is 11.1 Å². The van der Waals surface area contributed by atoms with E-state index in [0.29, 0.717) is 22.2 Å². The zero-order chi connectivity index (χ0) is 14.8. The molecule has 0 aliphatic carbocycles. The van der Waals surface area contributed by atoms with Gasteiger partial charge < -0.3 is 4.74 Å². The van der Waals surface area contributed by atoms with E-state index in [4.69, 9.17) is 16.3 Å². The fraction of sp³-hybridized carbons (Fsp3) is 0.0588. The van der Waals surface area contributed by atoms with Gasteiger partial charge in [-0.05, 0) is 42.8 Å². The van der Waals surface area contributed by atoms with Crippen molar-refractivity contribution in [3.05, 3.63) is 64.7 Å². The molecule has 2 aromatic carbocycles. The number of halogens is 1. The van der Waals surface area contributed by atoms with Crippen molar-refractivity contribution in [2.45, 2.75) is 6.92 Å². The smallest absolute Gasteiger partial charge is 0.230 e. The second-order valence-corrected chi connectivity index (χ2v) is 5.14. The van der Waals surface area contributed by atoms with Crippen LogP contribution in [0.4, 0.5) is 0 Å². The number of rotatable bonds is 3. The standard InChI is InChI=1S/C17H12ClNO2/c1-11-8-14(18)6-7-16(11)21-17-13(10-20)9-12-4-2-3-5-15(12)19-17/h2-10H,1H3. The Kier molecular flexibility index (Phi) is 3.59. The number of aldehydes is 1. The maximum Gasteiger partial charge on any atom is 0.230 e. The van der Waals surface area contributed by atoms with Crippen LogP contribution in [0.15, 0.2) is 48.5 Å². The first kappa shape index (κ1) is 13.6. The van der Waals surface area contributed by atoms with E-state index in [9.17, 15) is 4.79 Å². The van der Waals surface area contributed by atoms with Crippen LogP contribution < -0.4 is 4.74 Å². The van der Waals surface area contributed by atoms with Crippen molar-refractivity contribution in [2.75, 3.05) is 0 Å². The van der Waals surface area contributed by atoms with Gasteiger partial charge in [-0.2, -0.15) is 0 Å². The molecule has 0 atom stereocenters. The zero-order valence-electron chi connectivity index (χ0n) is 11.3. The van der Waals surface area contributed by atoms with Gasteiger partial charge in [-0.3, -0.25) is 4.79 Å². The molecule has 0 aliphatic heterocycles. The molecule has 3 rings (SSSR count). The van der Waals surface area contributed by atoms with E-state index in [1.807, 2.05) is 31.2 Å². The van der Waals surface area contributed by atoms with E-state index in [1.54, 1.807) is 24.3 Å². The highest BCUT2D eigenvalue weighted by Gasteiger charge is 2.10. The van der Waals surface area contributed by atoms with Crippen LogP contribution in [0, 0.1) is 6.92 Å². The minimum atomic E-state index is 0.300. The summed E-state index contributed by atoms with van der Waals surface area (Å²) in [6.07, 6.45) is 0.750. The fourth-order valence-corrected chi connectivity index (χ4v) is 2.34. The third-order valence-electron chi connectivity index (χ3n) is 3.19. The van der Waals surface area contributed by atoms with Gasteiger partial charge in [-0.25, -0.2) is 4.98 Å². The number of aromatic nitrogens is 1. The molecule has 0 unspecified atom stereocenters. The van der Waals surface area contributed by atoms with Crippen molar-refractivity contribution in [3.63, 3.8) is 0 Å². The first-order valence-electron chi connectivity index (χ1n) is 6.46. The van der Waals surface area contributed by atoms with Gasteiger partial charge in [0.15, 0.2) is 6.29 Å². The van der Waals surface area contributed by atoms with Crippen LogP contribution in [0.5, 0.6) is 11.6 Å². The first-order valence-corrected chi connectivity index (χ1v) is 6.84. The van der Waals surface area contributed by atoms with Crippen molar-refractivity contribution in [3.8, 4) is 11.6 Å². The average molecular weight is 298 g/mol. The molecule has 0 spiro atoms. The van der Waals surface area contributed by atoms with Gasteiger partial charge in [-0.1, -0.05) is 29.8 Å². The normalized spacial score (nSPS) is 10.6. The van der Waals surface area contributed by atoms with Gasteiger partial charge in [0.1, 0.15) is 5.75 Å². The SMILES string of the molecule is Cc1cc(Cl)ccc1Oc1nc2ccccc2cc1C=O. The summed E-state index contributed by atoms with van der Waals surface area (Å²) in [5, 5.41) is 1.54. The summed E-state index contributed by atoms with van der Waals surface area (Å²) < 4.78 is 5.79. The number of hydrogen-bond acceptors (Lipinski definition) is 3. The summed E-state index contributed by atoms with van der Waals surface area (Å²) >= 11 is 5.93. The highest BCUT2D eigenvalue weighted by Crippen LogP contribution is 2.29. The van der Waals surface area contributed by atoms with Crippen molar-refractivity contribution < 1.29 is 9.53 Å². The third-order valence-corrected chi connectivity index (χ3v) is 3.42. The van der Waals surface area contributed by atoms with E-state index in [-0.39, 0.29) is 0 Å². The molecule has 0 saturated carbocycles. The van der Waals surface area contributed by atoms with Gasteiger partial charge in [0, 0.05) is 10.4 Å². The summed E-state index contributed by atoms with van der Waals surface area (Å²) in [6.45, 7) is 1.89. The minimum Gasteiger partial charge on any atom is -0.438 e. The molecular formula is C17H12ClNO2. The molecule has 0 aliphatic rings. The molecule has 0 amide bonds. The minimum absolute atomic E-state index is 0.300. The Hall–Kier alpha value is -2.39. The lowest BCUT2D eigenvalue weighted by Gasteiger charge is -2.10. The van der Waals surface area contributed by atoms with Crippen LogP contribution in [0.2, 0.25) is 5.02 Å². The Balaban J connectivity index is 2.08. The first-order chi connectivity index (χ1) is 10.2. The van der Waals surface area contributed by atoms with E-state index < -0.39 is 0 Å².